The van der Waals surface area contributed by atoms with Crippen LogP contribution in [0.5, 0.6) is 5.75 Å². The maximum absolute atomic E-state index is 11.2. The highest BCUT2D eigenvalue weighted by molar-refractivity contribution is 5.91. The first-order chi connectivity index (χ1) is 9.60. The van der Waals surface area contributed by atoms with E-state index in [4.69, 9.17) is 4.74 Å². The first-order valence-corrected chi connectivity index (χ1v) is 6.91. The maximum atomic E-state index is 11.2. The summed E-state index contributed by atoms with van der Waals surface area (Å²) in [5.41, 5.74) is 1.15. The molecule has 5 nitrogen and oxygen atoms in total. The summed E-state index contributed by atoms with van der Waals surface area (Å²) in [6, 6.07) is 5.26. The van der Waals surface area contributed by atoms with Crippen molar-refractivity contribution in [3.8, 4) is 5.75 Å². The second kappa shape index (κ2) is 6.72. The zero-order chi connectivity index (χ0) is 14.5. The van der Waals surface area contributed by atoms with Gasteiger partial charge < -0.3 is 14.9 Å². The predicted octanol–water partition coefficient (Wildman–Crippen LogP) is 1.74. The van der Waals surface area contributed by atoms with Crippen molar-refractivity contribution in [1.82, 2.24) is 4.90 Å². The second-order valence-corrected chi connectivity index (χ2v) is 5.20. The molecule has 20 heavy (non-hydrogen) atoms. The number of methoxy groups -OCH3 is 1. The highest BCUT2D eigenvalue weighted by Crippen LogP contribution is 2.21. The molecule has 2 N–H and O–H groups in total. The first-order valence-electron chi connectivity index (χ1n) is 6.91. The fraction of sp³-hybridized carbons (Fsp3) is 0.533. The SMILES string of the molecule is COc1ccc(CN2CCC[C@@H](O)CC2)cc1C(=O)O. The molecule has 1 fully saturated rings. The molecule has 0 saturated carbocycles. The molecule has 1 saturated heterocycles. The third kappa shape index (κ3) is 3.71. The van der Waals surface area contributed by atoms with Crippen LogP contribution in [-0.2, 0) is 6.54 Å². The molecular formula is C15H21NO4. The smallest absolute Gasteiger partial charge is 0.339 e. The number of aromatic carboxylic acids is 1. The summed E-state index contributed by atoms with van der Waals surface area (Å²) < 4.78 is 5.06. The standard InChI is InChI=1S/C15H21NO4/c1-20-14-5-4-11(9-13(14)15(18)19)10-16-7-2-3-12(17)6-8-16/h4-5,9,12,17H,2-3,6-8,10H2,1H3,(H,18,19)/t12-/m1/s1. The predicted molar refractivity (Wildman–Crippen MR) is 75.1 cm³/mol. The summed E-state index contributed by atoms with van der Waals surface area (Å²) in [6.07, 6.45) is 2.40. The first kappa shape index (κ1) is 14.8. The number of ether oxygens (including phenoxy) is 1. The summed E-state index contributed by atoms with van der Waals surface area (Å²) in [4.78, 5) is 13.5. The van der Waals surface area contributed by atoms with Crippen LogP contribution in [0.2, 0.25) is 0 Å². The quantitative estimate of drug-likeness (QED) is 0.878. The average molecular weight is 279 g/mol. The zero-order valence-corrected chi connectivity index (χ0v) is 11.7. The third-order valence-corrected chi connectivity index (χ3v) is 3.69. The molecule has 1 atom stereocenters. The lowest BCUT2D eigenvalue weighted by molar-refractivity contribution is 0.0693. The van der Waals surface area contributed by atoms with Crippen molar-refractivity contribution in [2.75, 3.05) is 20.2 Å². The van der Waals surface area contributed by atoms with Gasteiger partial charge in [-0.25, -0.2) is 4.79 Å². The minimum Gasteiger partial charge on any atom is -0.496 e. The average Bonchev–Trinajstić information content (AvgIpc) is 2.63. The van der Waals surface area contributed by atoms with E-state index in [0.29, 0.717) is 12.3 Å². The number of likely N-dealkylation sites (tertiary alicyclic amines) is 1. The highest BCUT2D eigenvalue weighted by Gasteiger charge is 2.17. The molecule has 1 aromatic carbocycles. The summed E-state index contributed by atoms with van der Waals surface area (Å²) in [6.45, 7) is 2.48. The van der Waals surface area contributed by atoms with Gasteiger partial charge in [-0.3, -0.25) is 4.90 Å². The number of benzene rings is 1. The molecule has 0 aromatic heterocycles. The topological polar surface area (TPSA) is 70.0 Å². The van der Waals surface area contributed by atoms with Gasteiger partial charge in [0, 0.05) is 13.1 Å². The van der Waals surface area contributed by atoms with E-state index < -0.39 is 5.97 Å². The van der Waals surface area contributed by atoms with Crippen molar-refractivity contribution >= 4 is 5.97 Å². The van der Waals surface area contributed by atoms with E-state index in [2.05, 4.69) is 4.90 Å². The Labute approximate surface area is 118 Å². The van der Waals surface area contributed by atoms with Crippen molar-refractivity contribution in [3.05, 3.63) is 29.3 Å². The van der Waals surface area contributed by atoms with E-state index in [-0.39, 0.29) is 11.7 Å². The molecule has 5 heteroatoms. The molecule has 0 aliphatic carbocycles. The van der Waals surface area contributed by atoms with Crippen molar-refractivity contribution in [2.24, 2.45) is 0 Å². The molecule has 1 aliphatic heterocycles. The van der Waals surface area contributed by atoms with Gasteiger partial charge in [-0.1, -0.05) is 6.07 Å². The van der Waals surface area contributed by atoms with Gasteiger partial charge in [0.25, 0.3) is 0 Å². The van der Waals surface area contributed by atoms with E-state index in [0.717, 1.165) is 37.9 Å². The Kier molecular flexibility index (Phi) is 4.98. The number of hydrogen-bond donors (Lipinski definition) is 2. The van der Waals surface area contributed by atoms with Crippen LogP contribution in [0.3, 0.4) is 0 Å². The van der Waals surface area contributed by atoms with Crippen molar-refractivity contribution in [2.45, 2.75) is 31.9 Å². The molecule has 1 heterocycles. The Hall–Kier alpha value is -1.59. The lowest BCUT2D eigenvalue weighted by atomic mass is 10.1. The van der Waals surface area contributed by atoms with E-state index in [1.807, 2.05) is 6.07 Å². The van der Waals surface area contributed by atoms with Crippen LogP contribution in [0.15, 0.2) is 18.2 Å². The summed E-state index contributed by atoms with van der Waals surface area (Å²) >= 11 is 0. The molecule has 110 valence electrons. The number of rotatable bonds is 4. The monoisotopic (exact) mass is 279 g/mol. The van der Waals surface area contributed by atoms with Gasteiger partial charge in [-0.2, -0.15) is 0 Å². The van der Waals surface area contributed by atoms with Crippen molar-refractivity contribution in [1.29, 1.82) is 0 Å². The summed E-state index contributed by atoms with van der Waals surface area (Å²) in [5.74, 6) is -0.595. The molecule has 0 radical (unpaired) electrons. The van der Waals surface area contributed by atoms with Gasteiger partial charge in [0.1, 0.15) is 11.3 Å². The molecule has 0 amide bonds. The summed E-state index contributed by atoms with van der Waals surface area (Å²) in [5, 5.41) is 18.8. The second-order valence-electron chi connectivity index (χ2n) is 5.20. The Morgan fingerprint density at radius 2 is 2.20 bits per heavy atom. The van der Waals surface area contributed by atoms with E-state index >= 15 is 0 Å². The Bertz CT molecular complexity index is 475. The van der Waals surface area contributed by atoms with Crippen LogP contribution >= 0.6 is 0 Å². The minimum absolute atomic E-state index is 0.194. The van der Waals surface area contributed by atoms with Gasteiger partial charge in [-0.05, 0) is 43.5 Å². The highest BCUT2D eigenvalue weighted by atomic mass is 16.5. The van der Waals surface area contributed by atoms with Crippen molar-refractivity contribution in [3.63, 3.8) is 0 Å². The van der Waals surface area contributed by atoms with Crippen LogP contribution in [-0.4, -0.2) is 47.4 Å². The van der Waals surface area contributed by atoms with Crippen LogP contribution in [0, 0.1) is 0 Å². The molecule has 1 aromatic rings. The fourth-order valence-electron chi connectivity index (χ4n) is 2.58. The number of carboxylic acids is 1. The van der Waals surface area contributed by atoms with Gasteiger partial charge in [-0.15, -0.1) is 0 Å². The molecule has 1 aliphatic rings. The number of aliphatic hydroxyl groups excluding tert-OH is 1. The van der Waals surface area contributed by atoms with Gasteiger partial charge >= 0.3 is 5.97 Å². The van der Waals surface area contributed by atoms with Gasteiger partial charge in [0.05, 0.1) is 13.2 Å². The number of carbonyl (C=O) groups is 1. The molecular weight excluding hydrogens is 258 g/mol. The van der Waals surface area contributed by atoms with E-state index in [1.54, 1.807) is 12.1 Å². The van der Waals surface area contributed by atoms with Crippen LogP contribution < -0.4 is 4.74 Å². The largest absolute Gasteiger partial charge is 0.496 e. The number of nitrogens with zero attached hydrogens (tertiary/aromatic N) is 1. The van der Waals surface area contributed by atoms with Crippen LogP contribution in [0.4, 0.5) is 0 Å². The summed E-state index contributed by atoms with van der Waals surface area (Å²) in [7, 11) is 1.47. The minimum atomic E-state index is -0.977. The molecule has 2 rings (SSSR count). The molecule has 0 bridgehead atoms. The van der Waals surface area contributed by atoms with E-state index in [1.165, 1.54) is 7.11 Å². The van der Waals surface area contributed by atoms with Gasteiger partial charge in [0.2, 0.25) is 0 Å². The fourth-order valence-corrected chi connectivity index (χ4v) is 2.58. The normalized spacial score (nSPS) is 20.4. The van der Waals surface area contributed by atoms with E-state index in [9.17, 15) is 15.0 Å². The zero-order valence-electron chi connectivity index (χ0n) is 11.7. The molecule has 0 unspecified atom stereocenters. The van der Waals surface area contributed by atoms with Crippen molar-refractivity contribution < 1.29 is 19.7 Å². The lowest BCUT2D eigenvalue weighted by Gasteiger charge is -2.20. The van der Waals surface area contributed by atoms with Crippen LogP contribution in [0.25, 0.3) is 0 Å². The Morgan fingerprint density at radius 3 is 2.90 bits per heavy atom. The van der Waals surface area contributed by atoms with Gasteiger partial charge in [0.15, 0.2) is 0 Å². The lowest BCUT2D eigenvalue weighted by Crippen LogP contribution is -2.24. The number of carboxylic acid groups (broad SMARTS) is 1. The number of hydrogen-bond acceptors (Lipinski definition) is 4. The van der Waals surface area contributed by atoms with Crippen LogP contribution in [0.1, 0.15) is 35.2 Å². The number of aliphatic hydroxyl groups is 1. The molecule has 0 spiro atoms. The third-order valence-electron chi connectivity index (χ3n) is 3.69. The Morgan fingerprint density at radius 1 is 1.40 bits per heavy atom. The Balaban J connectivity index is 2.09. The maximum Gasteiger partial charge on any atom is 0.339 e.